The predicted molar refractivity (Wildman–Crippen MR) is 100 cm³/mol. The van der Waals surface area contributed by atoms with E-state index in [-0.39, 0.29) is 30.9 Å². The maximum absolute atomic E-state index is 14.3. The maximum Gasteiger partial charge on any atom is 0.423 e. The third kappa shape index (κ3) is 4.98. The molecule has 31 heavy (non-hydrogen) atoms. The molecule has 0 saturated carbocycles. The van der Waals surface area contributed by atoms with Crippen LogP contribution in [0.3, 0.4) is 0 Å². The molecule has 0 radical (unpaired) electrons. The predicted octanol–water partition coefficient (Wildman–Crippen LogP) is 3.95. The summed E-state index contributed by atoms with van der Waals surface area (Å²) in [4.78, 5) is 15.0. The molecule has 3 atom stereocenters. The summed E-state index contributed by atoms with van der Waals surface area (Å²) >= 11 is 0. The van der Waals surface area contributed by atoms with Gasteiger partial charge in [0.05, 0.1) is 6.54 Å². The van der Waals surface area contributed by atoms with Crippen LogP contribution in [0.4, 0.5) is 26.3 Å². The second kappa shape index (κ2) is 8.34. The molecule has 5 nitrogen and oxygen atoms in total. The summed E-state index contributed by atoms with van der Waals surface area (Å²) in [5.41, 5.74) is 4.10. The van der Waals surface area contributed by atoms with Crippen molar-refractivity contribution in [2.75, 3.05) is 6.54 Å². The third-order valence-corrected chi connectivity index (χ3v) is 5.57. The second-order valence-electron chi connectivity index (χ2n) is 8.79. The molecule has 2 aliphatic rings. The van der Waals surface area contributed by atoms with Gasteiger partial charge in [0.1, 0.15) is 12.0 Å². The Bertz CT molecular complexity index is 866. The van der Waals surface area contributed by atoms with Gasteiger partial charge >= 0.3 is 6.18 Å². The number of amides is 1. The first-order valence-corrected chi connectivity index (χ1v) is 9.76. The topological polar surface area (TPSA) is 47.6 Å². The van der Waals surface area contributed by atoms with Crippen LogP contribution in [-0.2, 0) is 4.79 Å². The summed E-state index contributed by atoms with van der Waals surface area (Å²) in [5.74, 6) is -4.31. The minimum Gasteiger partial charge on any atom is -0.334 e. The van der Waals surface area contributed by atoms with E-state index in [1.54, 1.807) is 20.8 Å². The molecule has 2 unspecified atom stereocenters. The molecule has 2 heterocycles. The SMILES string of the molecule is CC(C)(C)[C@@H](CCC(=O)N1C=CN2C(C1)NNC2C(F)(F)F)c1cc(F)c(F)cc1F. The van der Waals surface area contributed by atoms with E-state index < -0.39 is 47.3 Å². The first-order valence-electron chi connectivity index (χ1n) is 9.76. The lowest BCUT2D eigenvalue weighted by Crippen LogP contribution is -2.51. The molecule has 0 bridgehead atoms. The number of hydrogen-bond acceptors (Lipinski definition) is 4. The van der Waals surface area contributed by atoms with Crippen molar-refractivity contribution < 1.29 is 31.1 Å². The van der Waals surface area contributed by atoms with E-state index >= 15 is 0 Å². The van der Waals surface area contributed by atoms with Crippen LogP contribution in [0, 0.1) is 22.9 Å². The van der Waals surface area contributed by atoms with Crippen LogP contribution in [0.1, 0.15) is 45.1 Å². The number of fused-ring (bicyclic) bond motifs is 1. The zero-order valence-corrected chi connectivity index (χ0v) is 17.2. The average molecular weight is 450 g/mol. The van der Waals surface area contributed by atoms with Gasteiger partial charge in [-0.15, -0.1) is 0 Å². The van der Waals surface area contributed by atoms with E-state index in [0.717, 1.165) is 11.0 Å². The molecule has 1 amide bonds. The summed E-state index contributed by atoms with van der Waals surface area (Å²) in [6, 6.07) is 1.30. The van der Waals surface area contributed by atoms with Crippen molar-refractivity contribution in [1.82, 2.24) is 20.7 Å². The zero-order valence-electron chi connectivity index (χ0n) is 17.2. The van der Waals surface area contributed by atoms with E-state index in [2.05, 4.69) is 10.9 Å². The molecule has 11 heteroatoms. The average Bonchev–Trinajstić information content (AvgIpc) is 3.08. The Hall–Kier alpha value is -2.27. The molecule has 1 aromatic carbocycles. The lowest BCUT2D eigenvalue weighted by molar-refractivity contribution is -0.179. The highest BCUT2D eigenvalue weighted by Gasteiger charge is 2.50. The number of rotatable bonds is 4. The smallest absolute Gasteiger partial charge is 0.334 e. The van der Waals surface area contributed by atoms with Crippen molar-refractivity contribution in [1.29, 1.82) is 0 Å². The van der Waals surface area contributed by atoms with E-state index in [9.17, 15) is 31.1 Å². The first-order chi connectivity index (χ1) is 14.3. The molecular weight excluding hydrogens is 426 g/mol. The largest absolute Gasteiger partial charge is 0.423 e. The quantitative estimate of drug-likeness (QED) is 0.539. The summed E-state index contributed by atoms with van der Waals surface area (Å²) in [5, 5.41) is 0. The molecule has 172 valence electrons. The fourth-order valence-electron chi connectivity index (χ4n) is 3.95. The Morgan fingerprint density at radius 2 is 1.71 bits per heavy atom. The van der Waals surface area contributed by atoms with E-state index in [1.165, 1.54) is 17.3 Å². The van der Waals surface area contributed by atoms with E-state index in [0.29, 0.717) is 6.07 Å². The van der Waals surface area contributed by atoms with Gasteiger partial charge in [-0.1, -0.05) is 20.8 Å². The number of carbonyl (C=O) groups excluding carboxylic acids is 1. The van der Waals surface area contributed by atoms with Gasteiger partial charge in [0.15, 0.2) is 17.8 Å². The molecule has 1 fully saturated rings. The number of nitrogens with one attached hydrogen (secondary N) is 2. The van der Waals surface area contributed by atoms with Crippen LogP contribution < -0.4 is 10.9 Å². The lowest BCUT2D eigenvalue weighted by atomic mass is 9.73. The van der Waals surface area contributed by atoms with Crippen LogP contribution in [0.2, 0.25) is 0 Å². The van der Waals surface area contributed by atoms with Crippen molar-refractivity contribution in [2.24, 2.45) is 5.41 Å². The number of hydrogen-bond donors (Lipinski definition) is 2. The Morgan fingerprint density at radius 3 is 2.32 bits per heavy atom. The Morgan fingerprint density at radius 1 is 1.06 bits per heavy atom. The molecular formula is C20H24F6N4O. The van der Waals surface area contributed by atoms with Gasteiger partial charge in [-0.05, 0) is 29.4 Å². The van der Waals surface area contributed by atoms with Gasteiger partial charge in [0.25, 0.3) is 0 Å². The number of halogens is 6. The van der Waals surface area contributed by atoms with Crippen molar-refractivity contribution in [2.45, 2.75) is 58.0 Å². The van der Waals surface area contributed by atoms with Crippen LogP contribution >= 0.6 is 0 Å². The number of alkyl halides is 3. The van der Waals surface area contributed by atoms with Gasteiger partial charge in [0.2, 0.25) is 5.91 Å². The summed E-state index contributed by atoms with van der Waals surface area (Å²) in [6.45, 7) is 5.38. The molecule has 1 aromatic rings. The third-order valence-electron chi connectivity index (χ3n) is 5.57. The number of hydrazine groups is 1. The normalized spacial score (nSPS) is 22.6. The van der Waals surface area contributed by atoms with Gasteiger partial charge in [-0.25, -0.2) is 24.0 Å². The highest BCUT2D eigenvalue weighted by Crippen LogP contribution is 2.40. The molecule has 0 aliphatic carbocycles. The Labute approximate surface area is 176 Å². The van der Waals surface area contributed by atoms with Crippen LogP contribution in [0.15, 0.2) is 24.5 Å². The van der Waals surface area contributed by atoms with Crippen molar-refractivity contribution >= 4 is 5.91 Å². The highest BCUT2D eigenvalue weighted by atomic mass is 19.4. The zero-order chi connectivity index (χ0) is 23.1. The lowest BCUT2D eigenvalue weighted by Gasteiger charge is -2.35. The highest BCUT2D eigenvalue weighted by molar-refractivity contribution is 5.77. The monoisotopic (exact) mass is 450 g/mol. The van der Waals surface area contributed by atoms with Crippen LogP contribution in [0.5, 0.6) is 0 Å². The van der Waals surface area contributed by atoms with Gasteiger partial charge < -0.3 is 9.80 Å². The van der Waals surface area contributed by atoms with Crippen molar-refractivity contribution in [3.8, 4) is 0 Å². The maximum atomic E-state index is 14.3. The number of carbonyl (C=O) groups is 1. The van der Waals surface area contributed by atoms with E-state index in [1.807, 2.05) is 0 Å². The standard InChI is InChI=1S/C20H24F6N4O/c1-19(2,3)12(11-8-14(22)15(23)9-13(11)21)4-5-17(31)29-6-7-30-16(10-29)27-28-18(30)20(24,25)26/h6-9,12,16,18,27-28H,4-5,10H2,1-3H3/t12-,16?,18?/m0/s1. The Balaban J connectivity index is 1.70. The molecule has 1 saturated heterocycles. The molecule has 0 spiro atoms. The number of benzene rings is 1. The fraction of sp³-hybridized carbons (Fsp3) is 0.550. The molecule has 3 rings (SSSR count). The minimum absolute atomic E-state index is 0.0192. The summed E-state index contributed by atoms with van der Waals surface area (Å²) in [7, 11) is 0. The van der Waals surface area contributed by atoms with E-state index in [4.69, 9.17) is 0 Å². The summed E-state index contributed by atoms with van der Waals surface area (Å²) < 4.78 is 80.4. The van der Waals surface area contributed by atoms with Gasteiger partial charge in [-0.2, -0.15) is 13.2 Å². The number of nitrogens with zero attached hydrogens (tertiary/aromatic N) is 2. The summed E-state index contributed by atoms with van der Waals surface area (Å²) in [6.07, 6.45) is -4.58. The Kier molecular flexibility index (Phi) is 6.30. The molecule has 0 aromatic heterocycles. The van der Waals surface area contributed by atoms with Crippen molar-refractivity contribution in [3.05, 3.63) is 47.5 Å². The van der Waals surface area contributed by atoms with Crippen molar-refractivity contribution in [3.63, 3.8) is 0 Å². The molecule has 2 aliphatic heterocycles. The van der Waals surface area contributed by atoms with Gasteiger partial charge in [0, 0.05) is 24.9 Å². The second-order valence-corrected chi connectivity index (χ2v) is 8.79. The van der Waals surface area contributed by atoms with Gasteiger partial charge in [-0.3, -0.25) is 4.79 Å². The molecule has 2 N–H and O–H groups in total. The van der Waals surface area contributed by atoms with Crippen LogP contribution in [-0.4, -0.2) is 40.8 Å². The first kappa shape index (κ1) is 23.4. The fourth-order valence-corrected chi connectivity index (χ4v) is 3.95. The van der Waals surface area contributed by atoms with Crippen LogP contribution in [0.25, 0.3) is 0 Å². The minimum atomic E-state index is -4.49.